The molecule has 1 heterocycles. The summed E-state index contributed by atoms with van der Waals surface area (Å²) in [5.41, 5.74) is -1.58. The molecule has 1 aliphatic heterocycles. The minimum Gasteiger partial charge on any atom is -0.347 e. The molecule has 5 amide bonds. The van der Waals surface area contributed by atoms with Gasteiger partial charge in [-0.1, -0.05) is 52.9 Å². The third-order valence-electron chi connectivity index (χ3n) is 9.45. The summed E-state index contributed by atoms with van der Waals surface area (Å²) in [4.78, 5) is 67.8. The second-order valence-electron chi connectivity index (χ2n) is 14.1. The second-order valence-corrected chi connectivity index (χ2v) is 15.3. The number of ketones is 1. The quantitative estimate of drug-likeness (QED) is 0.164. The van der Waals surface area contributed by atoms with Gasteiger partial charge in [0.25, 0.3) is 5.91 Å². The monoisotopic (exact) mass is 623 g/mol. The fraction of sp³-hybridized carbons (Fsp3) is 0.833. The molecule has 1 unspecified atom stereocenters. The van der Waals surface area contributed by atoms with Crippen LogP contribution in [-0.4, -0.2) is 84.7 Å². The SMILES string of the molecule is C[C@H](S(=O)O)C1(NC(=O)N[C@H](C(=O)N2CCC[C@H]2C(=O)N[C@@H](CC2CC2)C(=O)C(=O)NC2CC2)C(C)(C)C)CCCCC1. The molecule has 43 heavy (non-hydrogen) atoms. The highest BCUT2D eigenvalue weighted by Gasteiger charge is 2.46. The topological polar surface area (TPSA) is 174 Å². The second kappa shape index (κ2) is 13.6. The lowest BCUT2D eigenvalue weighted by Gasteiger charge is -2.42. The van der Waals surface area contributed by atoms with E-state index in [2.05, 4.69) is 21.3 Å². The summed E-state index contributed by atoms with van der Waals surface area (Å²) in [5.74, 6) is -1.92. The van der Waals surface area contributed by atoms with Gasteiger partial charge in [-0.05, 0) is 63.2 Å². The van der Waals surface area contributed by atoms with Gasteiger partial charge in [-0.25, -0.2) is 9.00 Å². The Morgan fingerprint density at radius 1 is 0.953 bits per heavy atom. The van der Waals surface area contributed by atoms with Gasteiger partial charge >= 0.3 is 6.03 Å². The van der Waals surface area contributed by atoms with E-state index < -0.39 is 74.9 Å². The lowest BCUT2D eigenvalue weighted by Crippen LogP contribution is -2.64. The summed E-state index contributed by atoms with van der Waals surface area (Å²) in [6.07, 6.45) is 8.73. The molecule has 5 N–H and O–H groups in total. The van der Waals surface area contributed by atoms with E-state index in [4.69, 9.17) is 0 Å². The fourth-order valence-corrected chi connectivity index (χ4v) is 7.03. The molecule has 0 aromatic heterocycles. The molecule has 1 saturated heterocycles. The van der Waals surface area contributed by atoms with E-state index in [0.29, 0.717) is 38.6 Å². The van der Waals surface area contributed by atoms with Crippen molar-refractivity contribution in [3.63, 3.8) is 0 Å². The Kier molecular flexibility index (Phi) is 10.6. The summed E-state index contributed by atoms with van der Waals surface area (Å²) >= 11 is -2.14. The normalized spacial score (nSPS) is 24.7. The van der Waals surface area contributed by atoms with Crippen LogP contribution < -0.4 is 21.3 Å². The molecule has 4 aliphatic rings. The number of likely N-dealkylation sites (tertiary alicyclic amines) is 1. The molecule has 3 aliphatic carbocycles. The third kappa shape index (κ3) is 8.55. The predicted octanol–water partition coefficient (Wildman–Crippen LogP) is 2.14. The average Bonchev–Trinajstić information content (AvgIpc) is 3.88. The largest absolute Gasteiger partial charge is 0.347 e. The van der Waals surface area contributed by atoms with Crippen LogP contribution in [0.5, 0.6) is 0 Å². The first kappa shape index (κ1) is 33.4. The molecule has 4 rings (SSSR count). The van der Waals surface area contributed by atoms with E-state index in [1.807, 2.05) is 20.8 Å². The van der Waals surface area contributed by atoms with Gasteiger partial charge < -0.3 is 30.7 Å². The van der Waals surface area contributed by atoms with Crippen LogP contribution in [-0.2, 0) is 30.3 Å². The number of nitrogens with one attached hydrogen (secondary N) is 4. The van der Waals surface area contributed by atoms with Gasteiger partial charge in [0.15, 0.2) is 11.1 Å². The summed E-state index contributed by atoms with van der Waals surface area (Å²) in [5, 5.41) is 10.6. The molecule has 0 spiro atoms. The van der Waals surface area contributed by atoms with Crippen molar-refractivity contribution in [1.29, 1.82) is 0 Å². The van der Waals surface area contributed by atoms with E-state index in [1.165, 1.54) is 4.90 Å². The molecule has 5 atom stereocenters. The van der Waals surface area contributed by atoms with E-state index in [-0.39, 0.29) is 12.0 Å². The van der Waals surface area contributed by atoms with Gasteiger partial charge in [-0.3, -0.25) is 19.2 Å². The van der Waals surface area contributed by atoms with Crippen molar-refractivity contribution in [2.24, 2.45) is 11.3 Å². The molecule has 0 radical (unpaired) electrons. The van der Waals surface area contributed by atoms with E-state index in [0.717, 1.165) is 44.9 Å². The molecule has 13 heteroatoms. The molecular weight excluding hydrogens is 574 g/mol. The first-order chi connectivity index (χ1) is 20.2. The molecule has 0 aromatic rings. The van der Waals surface area contributed by atoms with Gasteiger partial charge in [-0.15, -0.1) is 0 Å². The molecule has 3 saturated carbocycles. The van der Waals surface area contributed by atoms with Crippen molar-refractivity contribution in [2.75, 3.05) is 6.54 Å². The van der Waals surface area contributed by atoms with Crippen LogP contribution >= 0.6 is 0 Å². The third-order valence-corrected chi connectivity index (χ3v) is 10.5. The van der Waals surface area contributed by atoms with E-state index in [9.17, 15) is 32.7 Å². The standard InChI is InChI=1S/C30H49N5O7S/c1-18(43(41)42)30(14-6-5-7-15-30)34-28(40)33-24(29(2,3)4)27(39)35-16-8-9-22(35)25(37)32-21(17-19-10-11-19)23(36)26(38)31-20-12-13-20/h18-22,24H,5-17H2,1-4H3,(H,31,38)(H,32,37)(H,41,42)(H2,33,34,40)/t18-,21-,22-,24+/m0/s1. The van der Waals surface area contributed by atoms with Gasteiger partial charge in [0.05, 0.1) is 16.8 Å². The number of amides is 5. The zero-order valence-electron chi connectivity index (χ0n) is 25.9. The number of urea groups is 1. The van der Waals surface area contributed by atoms with Crippen LogP contribution in [0.3, 0.4) is 0 Å². The van der Waals surface area contributed by atoms with Gasteiger partial charge in [0.2, 0.25) is 17.6 Å². The van der Waals surface area contributed by atoms with Crippen LogP contribution in [0.15, 0.2) is 0 Å². The number of carbonyl (C=O) groups excluding carboxylic acids is 5. The van der Waals surface area contributed by atoms with Gasteiger partial charge in [0, 0.05) is 12.6 Å². The Morgan fingerprint density at radius 3 is 2.16 bits per heavy atom. The number of hydrogen-bond donors (Lipinski definition) is 5. The Labute approximate surface area is 256 Å². The maximum Gasteiger partial charge on any atom is 0.315 e. The average molecular weight is 624 g/mol. The van der Waals surface area contributed by atoms with Crippen LogP contribution in [0.25, 0.3) is 0 Å². The summed E-state index contributed by atoms with van der Waals surface area (Å²) < 4.78 is 21.9. The smallest absolute Gasteiger partial charge is 0.315 e. The van der Waals surface area contributed by atoms with Crippen molar-refractivity contribution in [3.8, 4) is 0 Å². The van der Waals surface area contributed by atoms with Crippen molar-refractivity contribution in [2.45, 2.75) is 140 Å². The molecule has 242 valence electrons. The van der Waals surface area contributed by atoms with Crippen LogP contribution in [0.1, 0.15) is 105 Å². The lowest BCUT2D eigenvalue weighted by molar-refractivity contribution is -0.144. The van der Waals surface area contributed by atoms with E-state index in [1.54, 1.807) is 6.92 Å². The van der Waals surface area contributed by atoms with Crippen molar-refractivity contribution >= 4 is 40.6 Å². The number of hydrogen-bond acceptors (Lipinski definition) is 6. The Morgan fingerprint density at radius 2 is 1.60 bits per heavy atom. The maximum atomic E-state index is 14.0. The number of nitrogens with zero attached hydrogens (tertiary/aromatic N) is 1. The molecule has 0 bridgehead atoms. The highest BCUT2D eigenvalue weighted by molar-refractivity contribution is 7.80. The minimum atomic E-state index is -2.14. The highest BCUT2D eigenvalue weighted by atomic mass is 32.2. The van der Waals surface area contributed by atoms with Crippen LogP contribution in [0.4, 0.5) is 4.79 Å². The van der Waals surface area contributed by atoms with Crippen molar-refractivity contribution in [3.05, 3.63) is 0 Å². The fourth-order valence-electron chi connectivity index (χ4n) is 6.35. The Bertz CT molecular complexity index is 1110. The molecule has 4 fully saturated rings. The highest BCUT2D eigenvalue weighted by Crippen LogP contribution is 2.35. The first-order valence-electron chi connectivity index (χ1n) is 15.9. The van der Waals surface area contributed by atoms with Gasteiger partial charge in [-0.2, -0.15) is 0 Å². The zero-order valence-corrected chi connectivity index (χ0v) is 26.7. The predicted molar refractivity (Wildman–Crippen MR) is 161 cm³/mol. The lowest BCUT2D eigenvalue weighted by atomic mass is 9.79. The van der Waals surface area contributed by atoms with Gasteiger partial charge in [0.1, 0.15) is 12.1 Å². The number of Topliss-reactive ketones (excluding diaryl/α,β-unsaturated/α-hetero) is 1. The maximum absolute atomic E-state index is 14.0. The Balaban J connectivity index is 1.45. The minimum absolute atomic E-state index is 0.0256. The van der Waals surface area contributed by atoms with Crippen molar-refractivity contribution < 1.29 is 32.7 Å². The molecular formula is C30H49N5O7S. The van der Waals surface area contributed by atoms with Crippen molar-refractivity contribution in [1.82, 2.24) is 26.2 Å². The summed E-state index contributed by atoms with van der Waals surface area (Å²) in [7, 11) is 0. The molecule has 0 aromatic carbocycles. The van der Waals surface area contributed by atoms with E-state index >= 15 is 0 Å². The summed E-state index contributed by atoms with van der Waals surface area (Å²) in [6.45, 7) is 7.45. The molecule has 12 nitrogen and oxygen atoms in total. The summed E-state index contributed by atoms with van der Waals surface area (Å²) in [6, 6.07) is -3.32. The Hall–Kier alpha value is -2.54. The number of rotatable bonds is 12. The number of carbonyl (C=O) groups is 5. The first-order valence-corrected chi connectivity index (χ1v) is 17.0. The zero-order chi connectivity index (χ0) is 31.5. The van der Waals surface area contributed by atoms with Crippen LogP contribution in [0.2, 0.25) is 0 Å². The van der Waals surface area contributed by atoms with Crippen LogP contribution in [0, 0.1) is 11.3 Å².